The number of rotatable bonds is 6. The van der Waals surface area contributed by atoms with E-state index in [0.29, 0.717) is 6.54 Å². The van der Waals surface area contributed by atoms with Crippen LogP contribution < -0.4 is 4.87 Å². The van der Waals surface area contributed by atoms with Gasteiger partial charge in [0.25, 0.3) is 10.1 Å². The van der Waals surface area contributed by atoms with Crippen LogP contribution in [0.25, 0.3) is 10.2 Å². The molecule has 5 nitrogen and oxygen atoms in total. The molecule has 2 aromatic carbocycles. The molecule has 3 rings (SSSR count). The molecule has 0 saturated carbocycles. The molecule has 0 bridgehead atoms. The molecule has 132 valence electrons. The Hall–Kier alpha value is -1.96. The zero-order chi connectivity index (χ0) is 18.0. The largest absolute Gasteiger partial charge is 0.308 e. The molecule has 0 radical (unpaired) electrons. The minimum Gasteiger partial charge on any atom is -0.298 e. The monoisotopic (exact) mass is 377 g/mol. The highest BCUT2D eigenvalue weighted by atomic mass is 32.2. The van der Waals surface area contributed by atoms with E-state index in [2.05, 4.69) is 0 Å². The summed E-state index contributed by atoms with van der Waals surface area (Å²) in [6.07, 6.45) is 0. The first-order valence-electron chi connectivity index (χ1n) is 7.91. The summed E-state index contributed by atoms with van der Waals surface area (Å²) in [5, 5.41) is 0. The molecule has 3 aromatic rings. The van der Waals surface area contributed by atoms with E-state index in [9.17, 15) is 13.2 Å². The molecule has 0 spiro atoms. The first-order chi connectivity index (χ1) is 11.9. The van der Waals surface area contributed by atoms with Gasteiger partial charge in [0, 0.05) is 6.54 Å². The number of benzene rings is 2. The van der Waals surface area contributed by atoms with E-state index in [-0.39, 0.29) is 22.3 Å². The second-order valence-corrected chi connectivity index (χ2v) is 8.71. The quantitative estimate of drug-likeness (QED) is 0.618. The molecule has 0 aliphatic rings. The molecular weight excluding hydrogens is 358 g/mol. The minimum atomic E-state index is -3.79. The average molecular weight is 377 g/mol. The number of thiazole rings is 1. The molecule has 0 fully saturated rings. The maximum Gasteiger partial charge on any atom is 0.308 e. The van der Waals surface area contributed by atoms with Gasteiger partial charge in [-0.05, 0) is 37.1 Å². The van der Waals surface area contributed by atoms with Crippen molar-refractivity contribution in [2.24, 2.45) is 5.92 Å². The number of fused-ring (bicyclic) bond motifs is 1. The van der Waals surface area contributed by atoms with Crippen molar-refractivity contribution in [3.63, 3.8) is 0 Å². The molecule has 1 atom stereocenters. The van der Waals surface area contributed by atoms with Crippen LogP contribution in [0.5, 0.6) is 0 Å². The normalized spacial score (nSPS) is 13.2. The zero-order valence-electron chi connectivity index (χ0n) is 14.0. The summed E-state index contributed by atoms with van der Waals surface area (Å²) in [4.78, 5) is 12.2. The number of hydrogen-bond donors (Lipinski definition) is 0. The van der Waals surface area contributed by atoms with Crippen molar-refractivity contribution in [2.45, 2.75) is 25.3 Å². The zero-order valence-corrected chi connectivity index (χ0v) is 15.6. The Morgan fingerprint density at radius 3 is 2.52 bits per heavy atom. The highest BCUT2D eigenvalue weighted by Crippen LogP contribution is 2.19. The third-order valence-electron chi connectivity index (χ3n) is 3.89. The Morgan fingerprint density at radius 1 is 1.12 bits per heavy atom. The van der Waals surface area contributed by atoms with Gasteiger partial charge in [-0.3, -0.25) is 13.5 Å². The van der Waals surface area contributed by atoms with Gasteiger partial charge in [-0.2, -0.15) is 8.42 Å². The number of aromatic nitrogens is 1. The average Bonchev–Trinajstić information content (AvgIpc) is 2.89. The lowest BCUT2D eigenvalue weighted by Gasteiger charge is -2.13. The van der Waals surface area contributed by atoms with Crippen molar-refractivity contribution >= 4 is 31.7 Å². The standard InChI is InChI=1S/C18H19NO4S2/c1-13-7-9-15(10-8-13)25(21,22)23-12-14(2)11-19-16-5-3-4-6-17(16)24-18(19)20/h3-10,14H,11-12H2,1-2H3/t14-/m0/s1. The molecule has 0 amide bonds. The Balaban J connectivity index is 1.70. The lowest BCUT2D eigenvalue weighted by atomic mass is 10.2. The van der Waals surface area contributed by atoms with Gasteiger partial charge in [0.05, 0.1) is 21.7 Å². The van der Waals surface area contributed by atoms with Crippen molar-refractivity contribution in [3.05, 3.63) is 63.8 Å². The third-order valence-corrected chi connectivity index (χ3v) is 6.14. The van der Waals surface area contributed by atoms with Gasteiger partial charge in [0.1, 0.15) is 0 Å². The van der Waals surface area contributed by atoms with Gasteiger partial charge in [0.15, 0.2) is 0 Å². The summed E-state index contributed by atoms with van der Waals surface area (Å²) in [7, 11) is -3.79. The molecule has 0 N–H and O–H groups in total. The highest BCUT2D eigenvalue weighted by Gasteiger charge is 2.18. The van der Waals surface area contributed by atoms with E-state index in [4.69, 9.17) is 4.18 Å². The van der Waals surface area contributed by atoms with Crippen molar-refractivity contribution in [1.29, 1.82) is 0 Å². The van der Waals surface area contributed by atoms with Crippen LogP contribution in [0.15, 0.2) is 58.2 Å². The maximum atomic E-state index is 12.2. The smallest absolute Gasteiger partial charge is 0.298 e. The third kappa shape index (κ3) is 4.00. The Morgan fingerprint density at radius 2 is 1.80 bits per heavy atom. The van der Waals surface area contributed by atoms with Crippen molar-refractivity contribution in [3.8, 4) is 0 Å². The predicted molar refractivity (Wildman–Crippen MR) is 99.6 cm³/mol. The van der Waals surface area contributed by atoms with E-state index >= 15 is 0 Å². The van der Waals surface area contributed by atoms with Crippen LogP contribution in [0.4, 0.5) is 0 Å². The molecule has 0 saturated heterocycles. The van der Waals surface area contributed by atoms with Gasteiger partial charge in [-0.25, -0.2) is 0 Å². The number of hydrogen-bond acceptors (Lipinski definition) is 5. The first kappa shape index (κ1) is 17.8. The van der Waals surface area contributed by atoms with Crippen LogP contribution in [0.3, 0.4) is 0 Å². The van der Waals surface area contributed by atoms with E-state index in [1.165, 1.54) is 23.5 Å². The van der Waals surface area contributed by atoms with Gasteiger partial charge in [0.2, 0.25) is 0 Å². The summed E-state index contributed by atoms with van der Waals surface area (Å²) >= 11 is 1.19. The molecule has 0 unspecified atom stereocenters. The molecular formula is C18H19NO4S2. The SMILES string of the molecule is Cc1ccc(S(=O)(=O)OC[C@@H](C)Cn2c(=O)sc3ccccc32)cc1. The first-order valence-corrected chi connectivity index (χ1v) is 10.1. The number of nitrogens with zero attached hydrogens (tertiary/aromatic N) is 1. The number of para-hydroxylation sites is 1. The molecule has 25 heavy (non-hydrogen) atoms. The molecule has 0 aliphatic heterocycles. The molecule has 1 aromatic heterocycles. The van der Waals surface area contributed by atoms with Gasteiger partial charge in [-0.15, -0.1) is 0 Å². The van der Waals surface area contributed by atoms with Crippen LogP contribution in [0.1, 0.15) is 12.5 Å². The Kier molecular flexibility index (Phi) is 5.08. The summed E-state index contributed by atoms with van der Waals surface area (Å²) in [6, 6.07) is 14.1. The Labute approximate surface area is 150 Å². The lowest BCUT2D eigenvalue weighted by molar-refractivity contribution is 0.250. The van der Waals surface area contributed by atoms with Crippen molar-refractivity contribution in [2.75, 3.05) is 6.61 Å². The number of aryl methyl sites for hydroxylation is 1. The van der Waals surface area contributed by atoms with E-state index in [1.807, 2.05) is 38.1 Å². The fourth-order valence-corrected chi connectivity index (χ4v) is 4.45. The second kappa shape index (κ2) is 7.11. The van der Waals surface area contributed by atoms with Crippen LogP contribution in [-0.2, 0) is 20.8 Å². The summed E-state index contributed by atoms with van der Waals surface area (Å²) in [5.41, 5.74) is 1.85. The van der Waals surface area contributed by atoms with E-state index in [0.717, 1.165) is 15.8 Å². The van der Waals surface area contributed by atoms with Crippen LogP contribution in [0.2, 0.25) is 0 Å². The van der Waals surface area contributed by atoms with Gasteiger partial charge in [-0.1, -0.05) is 48.1 Å². The summed E-state index contributed by atoms with van der Waals surface area (Å²) < 4.78 is 32.3. The summed E-state index contributed by atoms with van der Waals surface area (Å²) in [5.74, 6) is -0.129. The lowest BCUT2D eigenvalue weighted by Crippen LogP contribution is -2.22. The molecule has 0 aliphatic carbocycles. The fourth-order valence-electron chi connectivity index (χ4n) is 2.53. The van der Waals surface area contributed by atoms with Gasteiger partial charge >= 0.3 is 4.87 Å². The summed E-state index contributed by atoms with van der Waals surface area (Å²) in [6.45, 7) is 4.19. The van der Waals surface area contributed by atoms with Crippen LogP contribution in [-0.4, -0.2) is 19.6 Å². The topological polar surface area (TPSA) is 65.4 Å². The molecule has 7 heteroatoms. The van der Waals surface area contributed by atoms with Crippen LogP contribution in [0, 0.1) is 12.8 Å². The predicted octanol–water partition coefficient (Wildman–Crippen LogP) is 3.41. The van der Waals surface area contributed by atoms with Crippen molar-refractivity contribution < 1.29 is 12.6 Å². The van der Waals surface area contributed by atoms with Gasteiger partial charge < -0.3 is 0 Å². The molecule has 1 heterocycles. The van der Waals surface area contributed by atoms with Crippen LogP contribution >= 0.6 is 11.3 Å². The van der Waals surface area contributed by atoms with E-state index in [1.54, 1.807) is 16.7 Å². The maximum absolute atomic E-state index is 12.2. The van der Waals surface area contributed by atoms with Crippen molar-refractivity contribution in [1.82, 2.24) is 4.57 Å². The Bertz CT molecular complexity index is 1030. The highest BCUT2D eigenvalue weighted by molar-refractivity contribution is 7.86. The second-order valence-electron chi connectivity index (χ2n) is 6.10. The minimum absolute atomic E-state index is 0.0207. The van der Waals surface area contributed by atoms with E-state index < -0.39 is 10.1 Å². The fraction of sp³-hybridized carbons (Fsp3) is 0.278.